The number of aliphatic hydroxyl groups is 1. The Hall–Kier alpha value is -2.14. The number of rotatable bonds is 5. The lowest BCUT2D eigenvalue weighted by Crippen LogP contribution is -2.13. The van der Waals surface area contributed by atoms with Gasteiger partial charge in [-0.25, -0.2) is 4.79 Å². The number of aromatic nitrogens is 1. The molecule has 24 heavy (non-hydrogen) atoms. The van der Waals surface area contributed by atoms with Crippen molar-refractivity contribution in [2.45, 2.75) is 53.0 Å². The molecular formula is C19H25NO4. The summed E-state index contributed by atoms with van der Waals surface area (Å²) in [5.74, 6) is -1.09. The van der Waals surface area contributed by atoms with Crippen LogP contribution in [-0.4, -0.2) is 33.1 Å². The van der Waals surface area contributed by atoms with E-state index < -0.39 is 5.97 Å². The molecule has 5 heteroatoms. The quantitative estimate of drug-likeness (QED) is 0.822. The van der Waals surface area contributed by atoms with Crippen LogP contribution in [0.15, 0.2) is 12.1 Å². The highest BCUT2D eigenvalue weighted by Crippen LogP contribution is 2.34. The summed E-state index contributed by atoms with van der Waals surface area (Å²) < 4.78 is 1.85. The van der Waals surface area contributed by atoms with E-state index in [4.69, 9.17) is 5.11 Å². The molecule has 0 aliphatic carbocycles. The number of hydrogen-bond acceptors (Lipinski definition) is 3. The van der Waals surface area contributed by atoms with E-state index >= 15 is 0 Å². The Labute approximate surface area is 141 Å². The van der Waals surface area contributed by atoms with Gasteiger partial charge in [0.2, 0.25) is 0 Å². The van der Waals surface area contributed by atoms with E-state index in [9.17, 15) is 14.7 Å². The first-order chi connectivity index (χ1) is 11.1. The number of carboxylic acid groups (broad SMARTS) is 1. The molecule has 0 saturated carbocycles. The van der Waals surface area contributed by atoms with Crippen molar-refractivity contribution in [2.75, 3.05) is 6.61 Å². The number of aromatic carboxylic acids is 1. The average molecular weight is 331 g/mol. The molecule has 5 nitrogen and oxygen atoms in total. The normalized spacial score (nSPS) is 11.9. The summed E-state index contributed by atoms with van der Waals surface area (Å²) in [6.45, 7) is 9.87. The van der Waals surface area contributed by atoms with Crippen LogP contribution in [0.1, 0.15) is 66.1 Å². The second-order valence-electron chi connectivity index (χ2n) is 7.22. The van der Waals surface area contributed by atoms with E-state index in [-0.39, 0.29) is 23.4 Å². The lowest BCUT2D eigenvalue weighted by Gasteiger charge is -2.20. The number of benzene rings is 1. The van der Waals surface area contributed by atoms with Crippen molar-refractivity contribution >= 4 is 22.7 Å². The minimum Gasteiger partial charge on any atom is -0.478 e. The van der Waals surface area contributed by atoms with Crippen LogP contribution in [0.2, 0.25) is 0 Å². The lowest BCUT2D eigenvalue weighted by atomic mass is 9.84. The molecule has 1 aromatic heterocycles. The van der Waals surface area contributed by atoms with Crippen LogP contribution < -0.4 is 0 Å². The van der Waals surface area contributed by atoms with Crippen molar-refractivity contribution in [3.8, 4) is 0 Å². The number of Topliss-reactive ketones (excluding diaryl/α,β-unsaturated/α-hetero) is 1. The predicted molar refractivity (Wildman–Crippen MR) is 94.0 cm³/mol. The van der Waals surface area contributed by atoms with Crippen molar-refractivity contribution in [3.05, 3.63) is 34.5 Å². The molecule has 0 spiro atoms. The molecule has 1 aromatic carbocycles. The number of aryl methyl sites for hydroxylation is 1. The van der Waals surface area contributed by atoms with E-state index in [0.29, 0.717) is 29.4 Å². The molecule has 2 rings (SSSR count). The Kier molecular flexibility index (Phi) is 4.85. The highest BCUT2D eigenvalue weighted by Gasteiger charge is 2.25. The SMILES string of the molecule is CC(=O)c1c(C)n(CCCO)c2c(C(=O)O)cc(C(C)(C)C)cc12. The zero-order valence-corrected chi connectivity index (χ0v) is 14.9. The first-order valence-corrected chi connectivity index (χ1v) is 8.12. The third kappa shape index (κ3) is 3.08. The second kappa shape index (κ2) is 6.40. The molecule has 0 unspecified atom stereocenters. The third-order valence-electron chi connectivity index (χ3n) is 4.40. The van der Waals surface area contributed by atoms with Crippen LogP contribution in [0.3, 0.4) is 0 Å². The summed E-state index contributed by atoms with van der Waals surface area (Å²) in [5, 5.41) is 19.5. The summed E-state index contributed by atoms with van der Waals surface area (Å²) in [6, 6.07) is 3.63. The van der Waals surface area contributed by atoms with E-state index in [2.05, 4.69) is 0 Å². The number of nitrogens with zero attached hydrogens (tertiary/aromatic N) is 1. The average Bonchev–Trinajstić information content (AvgIpc) is 2.74. The maximum absolute atomic E-state index is 12.2. The minimum absolute atomic E-state index is 0.0109. The Balaban J connectivity index is 2.96. The Morgan fingerprint density at radius 3 is 2.29 bits per heavy atom. The van der Waals surface area contributed by atoms with E-state index in [0.717, 1.165) is 11.3 Å². The van der Waals surface area contributed by atoms with Crippen molar-refractivity contribution in [2.24, 2.45) is 0 Å². The molecule has 2 aromatic rings. The molecule has 0 amide bonds. The van der Waals surface area contributed by atoms with Gasteiger partial charge in [-0.1, -0.05) is 20.8 Å². The van der Waals surface area contributed by atoms with Crippen LogP contribution >= 0.6 is 0 Å². The maximum atomic E-state index is 12.2. The van der Waals surface area contributed by atoms with Crippen LogP contribution in [0.5, 0.6) is 0 Å². The van der Waals surface area contributed by atoms with Gasteiger partial charge in [0, 0.05) is 29.8 Å². The van der Waals surface area contributed by atoms with Gasteiger partial charge in [-0.15, -0.1) is 0 Å². The number of ketones is 1. The van der Waals surface area contributed by atoms with Crippen molar-refractivity contribution in [1.29, 1.82) is 0 Å². The fourth-order valence-corrected chi connectivity index (χ4v) is 3.16. The molecule has 130 valence electrons. The lowest BCUT2D eigenvalue weighted by molar-refractivity contribution is 0.0698. The molecule has 0 aliphatic rings. The first kappa shape index (κ1) is 18.2. The van der Waals surface area contributed by atoms with E-state index in [1.54, 1.807) is 6.07 Å². The molecule has 0 aliphatic heterocycles. The zero-order chi connectivity index (χ0) is 18.2. The second-order valence-corrected chi connectivity index (χ2v) is 7.22. The highest BCUT2D eigenvalue weighted by molar-refractivity contribution is 6.13. The first-order valence-electron chi connectivity index (χ1n) is 8.12. The fourth-order valence-electron chi connectivity index (χ4n) is 3.16. The molecule has 1 heterocycles. The smallest absolute Gasteiger partial charge is 0.337 e. The summed E-state index contributed by atoms with van der Waals surface area (Å²) in [5.41, 5.74) is 2.73. The Morgan fingerprint density at radius 2 is 1.83 bits per heavy atom. The molecular weight excluding hydrogens is 306 g/mol. The number of hydrogen-bond donors (Lipinski definition) is 2. The largest absolute Gasteiger partial charge is 0.478 e. The number of fused-ring (bicyclic) bond motifs is 1. The van der Waals surface area contributed by atoms with Gasteiger partial charge in [0.15, 0.2) is 5.78 Å². The standard InChI is InChI=1S/C19H25NO4/c1-11-16(12(2)22)14-9-13(19(3,4)5)10-15(18(23)24)17(14)20(11)7-6-8-21/h9-10,21H,6-8H2,1-5H3,(H,23,24). The van der Waals surface area contributed by atoms with Crippen LogP contribution in [-0.2, 0) is 12.0 Å². The Bertz CT molecular complexity index is 809. The van der Waals surface area contributed by atoms with Crippen molar-refractivity contribution in [1.82, 2.24) is 4.57 Å². The number of carboxylic acids is 1. The third-order valence-corrected chi connectivity index (χ3v) is 4.40. The van der Waals surface area contributed by atoms with Gasteiger partial charge >= 0.3 is 5.97 Å². The van der Waals surface area contributed by atoms with Crippen LogP contribution in [0.25, 0.3) is 10.9 Å². The van der Waals surface area contributed by atoms with Gasteiger partial charge in [-0.05, 0) is 43.4 Å². The molecule has 2 N–H and O–H groups in total. The van der Waals surface area contributed by atoms with Crippen LogP contribution in [0.4, 0.5) is 0 Å². The van der Waals surface area contributed by atoms with Gasteiger partial charge in [0.25, 0.3) is 0 Å². The fraction of sp³-hybridized carbons (Fsp3) is 0.474. The number of carbonyl (C=O) groups excluding carboxylic acids is 1. The molecule has 0 radical (unpaired) electrons. The number of carbonyl (C=O) groups is 2. The van der Waals surface area contributed by atoms with Gasteiger partial charge in [0.1, 0.15) is 0 Å². The highest BCUT2D eigenvalue weighted by atomic mass is 16.4. The predicted octanol–water partition coefficient (Wildman–Crippen LogP) is 3.53. The number of aliphatic hydroxyl groups excluding tert-OH is 1. The molecule has 0 saturated heterocycles. The van der Waals surface area contributed by atoms with Gasteiger partial charge in [-0.2, -0.15) is 0 Å². The maximum Gasteiger partial charge on any atom is 0.337 e. The minimum atomic E-state index is -1.01. The zero-order valence-electron chi connectivity index (χ0n) is 14.9. The topological polar surface area (TPSA) is 79.5 Å². The molecule has 0 bridgehead atoms. The van der Waals surface area contributed by atoms with Gasteiger partial charge in [0.05, 0.1) is 11.1 Å². The molecule has 0 atom stereocenters. The Morgan fingerprint density at radius 1 is 1.21 bits per heavy atom. The molecule has 0 fully saturated rings. The monoisotopic (exact) mass is 331 g/mol. The van der Waals surface area contributed by atoms with Crippen molar-refractivity contribution < 1.29 is 19.8 Å². The summed E-state index contributed by atoms with van der Waals surface area (Å²) in [7, 11) is 0. The van der Waals surface area contributed by atoms with Crippen LogP contribution in [0, 0.1) is 6.92 Å². The van der Waals surface area contributed by atoms with E-state index in [1.807, 2.05) is 38.3 Å². The van der Waals surface area contributed by atoms with Crippen molar-refractivity contribution in [3.63, 3.8) is 0 Å². The van der Waals surface area contributed by atoms with Gasteiger partial charge < -0.3 is 14.8 Å². The van der Waals surface area contributed by atoms with E-state index in [1.165, 1.54) is 6.92 Å². The summed E-state index contributed by atoms with van der Waals surface area (Å²) in [4.78, 5) is 24.1. The summed E-state index contributed by atoms with van der Waals surface area (Å²) >= 11 is 0. The summed E-state index contributed by atoms with van der Waals surface area (Å²) in [6.07, 6.45) is 0.502. The van der Waals surface area contributed by atoms with Gasteiger partial charge in [-0.3, -0.25) is 4.79 Å².